The van der Waals surface area contributed by atoms with Crippen molar-refractivity contribution in [3.8, 4) is 17.2 Å². The van der Waals surface area contributed by atoms with Crippen molar-refractivity contribution in [3.63, 3.8) is 0 Å². The van der Waals surface area contributed by atoms with E-state index >= 15 is 0 Å². The first-order chi connectivity index (χ1) is 27.0. The average Bonchev–Trinajstić information content (AvgIpc) is 3.17. The lowest BCUT2D eigenvalue weighted by molar-refractivity contribution is -0.135. The molecule has 5 nitrogen and oxygen atoms in total. The third-order valence-electron chi connectivity index (χ3n) is 10.7. The highest BCUT2D eigenvalue weighted by atomic mass is 16.5. The monoisotopic (exact) mass is 761 g/mol. The summed E-state index contributed by atoms with van der Waals surface area (Å²) in [6.45, 7) is 4.55. The fraction of sp³-hybridized carbons (Fsp3) is 0.680. The van der Waals surface area contributed by atoms with Crippen molar-refractivity contribution in [3.05, 3.63) is 53.6 Å². The Bertz CT molecular complexity index is 1180. The lowest BCUT2D eigenvalue weighted by Gasteiger charge is -2.10. The molecule has 0 saturated heterocycles. The van der Waals surface area contributed by atoms with Crippen molar-refractivity contribution < 1.29 is 24.2 Å². The van der Waals surface area contributed by atoms with Gasteiger partial charge in [0, 0.05) is 18.9 Å². The second-order valence-corrected chi connectivity index (χ2v) is 16.0. The first kappa shape index (κ1) is 48.1. The Morgan fingerprint density at radius 2 is 0.709 bits per heavy atom. The number of rotatable bonds is 36. The average molecular weight is 761 g/mol. The SMILES string of the molecule is CCCCCCCCCCCCCCCCCC(=O)Oc1cc(C=Cc2ccc(O)cc2)cc(OC(=O)CCCCCCCCCCCCCCCCC)c1. The van der Waals surface area contributed by atoms with Gasteiger partial charge < -0.3 is 14.6 Å². The highest BCUT2D eigenvalue weighted by molar-refractivity contribution is 5.76. The topological polar surface area (TPSA) is 72.8 Å². The van der Waals surface area contributed by atoms with Gasteiger partial charge in [-0.05, 0) is 48.2 Å². The molecule has 0 radical (unpaired) electrons. The summed E-state index contributed by atoms with van der Waals surface area (Å²) in [4.78, 5) is 25.6. The van der Waals surface area contributed by atoms with Crippen molar-refractivity contribution in [1.29, 1.82) is 0 Å². The molecule has 1 N–H and O–H groups in total. The number of carbonyl (C=O) groups is 2. The molecule has 0 saturated carbocycles. The molecule has 0 atom stereocenters. The Hall–Kier alpha value is -3.08. The van der Waals surface area contributed by atoms with Crippen LogP contribution >= 0.6 is 0 Å². The minimum Gasteiger partial charge on any atom is -0.508 e. The summed E-state index contributed by atoms with van der Waals surface area (Å²) in [6, 6.07) is 12.2. The molecule has 0 unspecified atom stereocenters. The standard InChI is InChI=1S/C50H80O5/c1-3-5-7-9-11-13-15-17-19-21-23-25-27-29-31-33-49(52)54-47-41-45(36-35-44-37-39-46(51)40-38-44)42-48(43-47)55-50(53)34-32-30-28-26-24-22-20-18-16-14-12-10-8-6-4-2/h35-43,51H,3-34H2,1-2H3. The van der Waals surface area contributed by atoms with Crippen LogP contribution in [0.1, 0.15) is 230 Å². The maximum atomic E-state index is 12.8. The van der Waals surface area contributed by atoms with Crippen molar-refractivity contribution in [1.82, 2.24) is 0 Å². The van der Waals surface area contributed by atoms with E-state index in [0.29, 0.717) is 24.3 Å². The number of phenols is 1. The number of ether oxygens (including phenoxy) is 2. The van der Waals surface area contributed by atoms with Crippen molar-refractivity contribution in [2.75, 3.05) is 0 Å². The Labute approximate surface area is 337 Å². The van der Waals surface area contributed by atoms with Gasteiger partial charge in [-0.25, -0.2) is 0 Å². The van der Waals surface area contributed by atoms with E-state index in [4.69, 9.17) is 9.47 Å². The maximum Gasteiger partial charge on any atom is 0.311 e. The molecule has 0 aliphatic carbocycles. The zero-order chi connectivity index (χ0) is 39.4. The molecule has 0 heterocycles. The van der Waals surface area contributed by atoms with Gasteiger partial charge in [0.05, 0.1) is 0 Å². The zero-order valence-electron chi connectivity index (χ0n) is 35.4. The van der Waals surface area contributed by atoms with Crippen LogP contribution in [0.15, 0.2) is 42.5 Å². The van der Waals surface area contributed by atoms with Crippen LogP contribution in [0.2, 0.25) is 0 Å². The Kier molecular flexibility index (Phi) is 29.9. The molecule has 0 aliphatic heterocycles. The minimum absolute atomic E-state index is 0.212. The predicted molar refractivity (Wildman–Crippen MR) is 234 cm³/mol. The number of unbranched alkanes of at least 4 members (excludes halogenated alkanes) is 28. The van der Waals surface area contributed by atoms with Gasteiger partial charge in [0.2, 0.25) is 0 Å². The van der Waals surface area contributed by atoms with E-state index < -0.39 is 0 Å². The lowest BCUT2D eigenvalue weighted by atomic mass is 10.0. The van der Waals surface area contributed by atoms with Crippen LogP contribution in [0.3, 0.4) is 0 Å². The van der Waals surface area contributed by atoms with Crippen molar-refractivity contribution in [2.45, 2.75) is 219 Å². The smallest absolute Gasteiger partial charge is 0.311 e. The zero-order valence-corrected chi connectivity index (χ0v) is 35.4. The Morgan fingerprint density at radius 3 is 1.04 bits per heavy atom. The minimum atomic E-state index is -0.260. The van der Waals surface area contributed by atoms with E-state index in [-0.39, 0.29) is 17.7 Å². The molecule has 0 bridgehead atoms. The summed E-state index contributed by atoms with van der Waals surface area (Å²) in [5.74, 6) is 0.458. The van der Waals surface area contributed by atoms with Gasteiger partial charge >= 0.3 is 11.9 Å². The second-order valence-electron chi connectivity index (χ2n) is 16.0. The summed E-state index contributed by atoms with van der Waals surface area (Å²) in [5.41, 5.74) is 1.68. The normalized spacial score (nSPS) is 11.4. The largest absolute Gasteiger partial charge is 0.508 e. The molecule has 310 valence electrons. The molecule has 0 aromatic heterocycles. The summed E-state index contributed by atoms with van der Waals surface area (Å²) in [6.07, 6.45) is 43.1. The molecule has 0 fully saturated rings. The Morgan fingerprint density at radius 1 is 0.418 bits per heavy atom. The van der Waals surface area contributed by atoms with E-state index in [1.54, 1.807) is 30.3 Å². The number of carbonyl (C=O) groups excluding carboxylic acids is 2. The second kappa shape index (κ2) is 34.2. The maximum absolute atomic E-state index is 12.8. The van der Waals surface area contributed by atoms with Crippen LogP contribution in [0.25, 0.3) is 12.2 Å². The lowest BCUT2D eigenvalue weighted by Crippen LogP contribution is -2.10. The number of aromatic hydroxyl groups is 1. The summed E-state index contributed by atoms with van der Waals surface area (Å²) >= 11 is 0. The van der Waals surface area contributed by atoms with Gasteiger partial charge in [-0.15, -0.1) is 0 Å². The molecule has 2 aromatic rings. The number of esters is 2. The van der Waals surface area contributed by atoms with E-state index in [9.17, 15) is 14.7 Å². The summed E-state index contributed by atoms with van der Waals surface area (Å²) in [5, 5.41) is 9.63. The fourth-order valence-electron chi connectivity index (χ4n) is 7.23. The van der Waals surface area contributed by atoms with E-state index in [1.807, 2.05) is 24.3 Å². The van der Waals surface area contributed by atoms with Gasteiger partial charge in [0.15, 0.2) is 0 Å². The van der Waals surface area contributed by atoms with Gasteiger partial charge in [-0.2, -0.15) is 0 Å². The molecule has 5 heteroatoms. The highest BCUT2D eigenvalue weighted by Crippen LogP contribution is 2.26. The molecule has 0 amide bonds. The third kappa shape index (κ3) is 28.0. The summed E-state index contributed by atoms with van der Waals surface area (Å²) < 4.78 is 11.5. The highest BCUT2D eigenvalue weighted by Gasteiger charge is 2.11. The van der Waals surface area contributed by atoms with E-state index in [2.05, 4.69) is 13.8 Å². The van der Waals surface area contributed by atoms with Crippen molar-refractivity contribution >= 4 is 24.1 Å². The van der Waals surface area contributed by atoms with Crippen LogP contribution in [0.5, 0.6) is 17.2 Å². The number of hydrogen-bond acceptors (Lipinski definition) is 5. The third-order valence-corrected chi connectivity index (χ3v) is 10.7. The molecule has 0 aliphatic rings. The molecule has 0 spiro atoms. The number of phenolic OH excluding ortho intramolecular Hbond substituents is 1. The van der Waals surface area contributed by atoms with Crippen molar-refractivity contribution in [2.24, 2.45) is 0 Å². The molecule has 2 rings (SSSR count). The van der Waals surface area contributed by atoms with Gasteiger partial charge in [-0.1, -0.05) is 218 Å². The van der Waals surface area contributed by atoms with Crippen LogP contribution in [-0.4, -0.2) is 17.0 Å². The predicted octanol–water partition coefficient (Wildman–Crippen LogP) is 15.9. The molecular weight excluding hydrogens is 681 g/mol. The quantitative estimate of drug-likeness (QED) is 0.0324. The van der Waals surface area contributed by atoms with Gasteiger partial charge in [-0.3, -0.25) is 9.59 Å². The number of benzene rings is 2. The molecule has 2 aromatic carbocycles. The van der Waals surface area contributed by atoms with Crippen LogP contribution in [-0.2, 0) is 9.59 Å². The van der Waals surface area contributed by atoms with Gasteiger partial charge in [0.25, 0.3) is 0 Å². The van der Waals surface area contributed by atoms with Crippen LogP contribution < -0.4 is 9.47 Å². The first-order valence-corrected chi connectivity index (χ1v) is 23.0. The Balaban J connectivity index is 1.68. The first-order valence-electron chi connectivity index (χ1n) is 23.0. The molecular formula is C50H80O5. The van der Waals surface area contributed by atoms with E-state index in [1.165, 1.54) is 154 Å². The molecule has 55 heavy (non-hydrogen) atoms. The van der Waals surface area contributed by atoms with Crippen LogP contribution in [0, 0.1) is 0 Å². The van der Waals surface area contributed by atoms with Crippen LogP contribution in [0.4, 0.5) is 0 Å². The van der Waals surface area contributed by atoms with Gasteiger partial charge in [0.1, 0.15) is 17.2 Å². The summed E-state index contributed by atoms with van der Waals surface area (Å²) in [7, 11) is 0. The number of hydrogen-bond donors (Lipinski definition) is 1. The fourth-order valence-corrected chi connectivity index (χ4v) is 7.23. The van der Waals surface area contributed by atoms with E-state index in [0.717, 1.165) is 49.7 Å².